The Hall–Kier alpha value is -1.55. The molecule has 0 radical (unpaired) electrons. The Morgan fingerprint density at radius 2 is 1.92 bits per heavy atom. The van der Waals surface area contributed by atoms with Gasteiger partial charge in [0.2, 0.25) is 0 Å². The maximum Gasteiger partial charge on any atom is 0.258 e. The highest BCUT2D eigenvalue weighted by molar-refractivity contribution is 7.99. The second-order valence-electron chi connectivity index (χ2n) is 7.28. The molecule has 132 valence electrons. The monoisotopic (exact) mass is 354 g/mol. The predicted octanol–water partition coefficient (Wildman–Crippen LogP) is 4.80. The van der Waals surface area contributed by atoms with Gasteiger partial charge in [0.1, 0.15) is 0 Å². The Kier molecular flexibility index (Phi) is 4.48. The van der Waals surface area contributed by atoms with Gasteiger partial charge in [-0.2, -0.15) is 0 Å². The van der Waals surface area contributed by atoms with Crippen LogP contribution in [0.3, 0.4) is 0 Å². The van der Waals surface area contributed by atoms with E-state index in [0.717, 1.165) is 41.4 Å². The normalized spacial score (nSPS) is 18.0. The van der Waals surface area contributed by atoms with Gasteiger partial charge in [0.05, 0.1) is 11.3 Å². The van der Waals surface area contributed by atoms with Crippen molar-refractivity contribution < 1.29 is 0 Å². The first-order chi connectivity index (χ1) is 12.2. The van der Waals surface area contributed by atoms with Gasteiger partial charge in [-0.1, -0.05) is 62.2 Å². The Bertz CT molecular complexity index is 849. The maximum atomic E-state index is 13.5. The largest absolute Gasteiger partial charge is 0.288 e. The minimum atomic E-state index is -0.00164. The second kappa shape index (κ2) is 6.64. The molecule has 1 aromatic carbocycles. The summed E-state index contributed by atoms with van der Waals surface area (Å²) < 4.78 is 1.90. The highest BCUT2D eigenvalue weighted by atomic mass is 32.2. The molecule has 0 unspecified atom stereocenters. The van der Waals surface area contributed by atoms with Crippen LogP contribution in [0.25, 0.3) is 11.3 Å². The van der Waals surface area contributed by atoms with E-state index in [2.05, 4.69) is 38.1 Å². The summed E-state index contributed by atoms with van der Waals surface area (Å²) in [5, 5.41) is 0.872. The van der Waals surface area contributed by atoms with Gasteiger partial charge in [0.25, 0.3) is 5.56 Å². The van der Waals surface area contributed by atoms with Crippen molar-refractivity contribution in [3.8, 4) is 11.3 Å². The molecule has 0 atom stereocenters. The molecule has 25 heavy (non-hydrogen) atoms. The molecule has 2 aliphatic carbocycles. The predicted molar refractivity (Wildman–Crippen MR) is 104 cm³/mol. The van der Waals surface area contributed by atoms with Crippen LogP contribution in [0.15, 0.2) is 34.2 Å². The molecule has 3 nitrogen and oxygen atoms in total. The third-order valence-corrected chi connectivity index (χ3v) is 6.72. The molecule has 0 saturated heterocycles. The summed E-state index contributed by atoms with van der Waals surface area (Å²) in [5.41, 5.74) is 4.72. The van der Waals surface area contributed by atoms with Crippen LogP contribution in [-0.2, 0) is 18.4 Å². The highest BCUT2D eigenvalue weighted by Crippen LogP contribution is 2.48. The third-order valence-electron chi connectivity index (χ3n) is 5.87. The van der Waals surface area contributed by atoms with E-state index < -0.39 is 0 Å². The molecule has 0 aliphatic heterocycles. The van der Waals surface area contributed by atoms with E-state index in [1.165, 1.54) is 30.4 Å². The Morgan fingerprint density at radius 3 is 2.64 bits per heavy atom. The number of aromatic nitrogens is 2. The van der Waals surface area contributed by atoms with Crippen LogP contribution in [0, 0.1) is 0 Å². The average molecular weight is 355 g/mol. The lowest BCUT2D eigenvalue weighted by atomic mass is 9.62. The van der Waals surface area contributed by atoms with Crippen molar-refractivity contribution in [2.75, 3.05) is 5.75 Å². The molecule has 0 bridgehead atoms. The molecule has 1 aromatic heterocycles. The zero-order valence-electron chi connectivity index (χ0n) is 15.2. The lowest BCUT2D eigenvalue weighted by Gasteiger charge is -2.42. The minimum absolute atomic E-state index is 0.00164. The zero-order chi connectivity index (χ0) is 17.4. The Labute approximate surface area is 153 Å². The molecule has 1 saturated carbocycles. The molecule has 2 aromatic rings. The summed E-state index contributed by atoms with van der Waals surface area (Å²) in [7, 11) is 0. The van der Waals surface area contributed by atoms with E-state index in [1.807, 2.05) is 4.57 Å². The van der Waals surface area contributed by atoms with E-state index in [4.69, 9.17) is 4.98 Å². The van der Waals surface area contributed by atoms with Crippen molar-refractivity contribution in [2.24, 2.45) is 0 Å². The van der Waals surface area contributed by atoms with Gasteiger partial charge < -0.3 is 0 Å². The van der Waals surface area contributed by atoms with Crippen LogP contribution in [0.1, 0.15) is 57.1 Å². The number of fused-ring (bicyclic) bond motifs is 4. The van der Waals surface area contributed by atoms with Crippen LogP contribution in [0.2, 0.25) is 0 Å². The Balaban J connectivity index is 2.03. The quantitative estimate of drug-likeness (QED) is 0.586. The van der Waals surface area contributed by atoms with Crippen LogP contribution < -0.4 is 5.56 Å². The molecule has 0 N–H and O–H groups in total. The zero-order valence-corrected chi connectivity index (χ0v) is 16.0. The number of hydrogen-bond donors (Lipinski definition) is 0. The van der Waals surface area contributed by atoms with E-state index >= 15 is 0 Å². The first-order valence-corrected chi connectivity index (χ1v) is 10.5. The van der Waals surface area contributed by atoms with Crippen molar-refractivity contribution in [1.29, 1.82) is 0 Å². The van der Waals surface area contributed by atoms with Gasteiger partial charge in [-0.15, -0.1) is 0 Å². The summed E-state index contributed by atoms with van der Waals surface area (Å²) in [6.45, 7) is 4.87. The fraction of sp³-hybridized carbons (Fsp3) is 0.524. The van der Waals surface area contributed by atoms with E-state index in [1.54, 1.807) is 11.8 Å². The lowest BCUT2D eigenvalue weighted by Crippen LogP contribution is -2.43. The van der Waals surface area contributed by atoms with Crippen molar-refractivity contribution >= 4 is 11.8 Å². The first-order valence-electron chi connectivity index (χ1n) is 9.56. The number of thioether (sulfide) groups is 1. The smallest absolute Gasteiger partial charge is 0.258 e. The standard InChI is InChI=1S/C21H26N2OS/c1-3-23-19(24)17-18(22-20(23)25-4-2)16-11-7-6-10-15(16)14-21(17)12-8-5-9-13-21/h6-7,10-11H,3-5,8-9,12-14H2,1-2H3. The van der Waals surface area contributed by atoms with E-state index in [9.17, 15) is 4.79 Å². The van der Waals surface area contributed by atoms with Gasteiger partial charge in [-0.3, -0.25) is 9.36 Å². The number of benzene rings is 1. The van der Waals surface area contributed by atoms with Gasteiger partial charge in [0, 0.05) is 17.5 Å². The number of nitrogens with zero attached hydrogens (tertiary/aromatic N) is 2. The molecule has 0 amide bonds. The van der Waals surface area contributed by atoms with Crippen molar-refractivity contribution in [3.05, 3.63) is 45.7 Å². The minimum Gasteiger partial charge on any atom is -0.288 e. The van der Waals surface area contributed by atoms with Gasteiger partial charge >= 0.3 is 0 Å². The number of rotatable bonds is 3. The van der Waals surface area contributed by atoms with Crippen molar-refractivity contribution in [1.82, 2.24) is 9.55 Å². The molecule has 2 aliphatic rings. The fourth-order valence-electron chi connectivity index (χ4n) is 4.74. The third kappa shape index (κ3) is 2.66. The van der Waals surface area contributed by atoms with E-state index in [-0.39, 0.29) is 11.0 Å². The summed E-state index contributed by atoms with van der Waals surface area (Å²) in [4.78, 5) is 18.6. The van der Waals surface area contributed by atoms with Crippen LogP contribution in [0.5, 0.6) is 0 Å². The Morgan fingerprint density at radius 1 is 1.16 bits per heavy atom. The van der Waals surface area contributed by atoms with E-state index in [0.29, 0.717) is 6.54 Å². The van der Waals surface area contributed by atoms with Crippen molar-refractivity contribution in [3.63, 3.8) is 0 Å². The summed E-state index contributed by atoms with van der Waals surface area (Å²) in [6, 6.07) is 8.57. The molecule has 4 heteroatoms. The second-order valence-corrected chi connectivity index (χ2v) is 8.51. The van der Waals surface area contributed by atoms with Gasteiger partial charge in [-0.05, 0) is 37.5 Å². The fourth-order valence-corrected chi connectivity index (χ4v) is 5.52. The van der Waals surface area contributed by atoms with Crippen molar-refractivity contribution in [2.45, 2.75) is 69.5 Å². The molecule has 4 rings (SSSR count). The SMILES string of the molecule is CCSc1nc2c(c(=O)n1CC)C1(CCCCC1)Cc1ccccc1-2. The maximum absolute atomic E-state index is 13.5. The average Bonchev–Trinajstić information content (AvgIpc) is 2.63. The molecule has 1 spiro atoms. The first kappa shape index (κ1) is 16.9. The summed E-state index contributed by atoms with van der Waals surface area (Å²) >= 11 is 1.68. The van der Waals surface area contributed by atoms with Crippen LogP contribution >= 0.6 is 11.8 Å². The van der Waals surface area contributed by atoms with Crippen LogP contribution in [-0.4, -0.2) is 15.3 Å². The lowest BCUT2D eigenvalue weighted by molar-refractivity contribution is 0.282. The molecular formula is C21H26N2OS. The summed E-state index contributed by atoms with van der Waals surface area (Å²) in [6.07, 6.45) is 6.97. The highest BCUT2D eigenvalue weighted by Gasteiger charge is 2.43. The topological polar surface area (TPSA) is 34.9 Å². The number of hydrogen-bond acceptors (Lipinski definition) is 3. The van der Waals surface area contributed by atoms with Gasteiger partial charge in [-0.25, -0.2) is 4.98 Å². The van der Waals surface area contributed by atoms with Gasteiger partial charge in [0.15, 0.2) is 5.16 Å². The molecule has 1 fully saturated rings. The summed E-state index contributed by atoms with van der Waals surface area (Å²) in [5.74, 6) is 0.929. The van der Waals surface area contributed by atoms with Crippen LogP contribution in [0.4, 0.5) is 0 Å². The molecule has 1 heterocycles. The molecular weight excluding hydrogens is 328 g/mol.